The molecule has 0 aliphatic rings. The Bertz CT molecular complexity index is 1200. The first kappa shape index (κ1) is 18.6. The van der Waals surface area contributed by atoms with Crippen LogP contribution in [0.1, 0.15) is 23.9 Å². The molecule has 8 nitrogen and oxygen atoms in total. The molecule has 0 radical (unpaired) electrons. The van der Waals surface area contributed by atoms with Crippen LogP contribution in [0.25, 0.3) is 17.1 Å². The SMILES string of the molecule is C=CCn1c(-n2nc(C)c(C)c2C)nc2c1c(=O)n(CC(=C)C)c(=O)n2C. The molecule has 0 fully saturated rings. The van der Waals surface area contributed by atoms with Crippen LogP contribution in [0, 0.1) is 20.8 Å². The van der Waals surface area contributed by atoms with Crippen molar-refractivity contribution in [1.29, 1.82) is 0 Å². The van der Waals surface area contributed by atoms with Crippen molar-refractivity contribution >= 4 is 11.2 Å². The highest BCUT2D eigenvalue weighted by Crippen LogP contribution is 2.20. The number of imidazole rings is 1. The molecule has 0 saturated carbocycles. The fourth-order valence-electron chi connectivity index (χ4n) is 3.15. The van der Waals surface area contributed by atoms with Crippen LogP contribution in [0.15, 0.2) is 34.4 Å². The summed E-state index contributed by atoms with van der Waals surface area (Å²) in [6, 6.07) is 0. The zero-order chi connectivity index (χ0) is 20.0. The van der Waals surface area contributed by atoms with Crippen LogP contribution in [0.3, 0.4) is 0 Å². The fraction of sp³-hybridized carbons (Fsp3) is 0.368. The number of hydrogen-bond acceptors (Lipinski definition) is 4. The average Bonchev–Trinajstić information content (AvgIpc) is 3.10. The highest BCUT2D eigenvalue weighted by atomic mass is 16.2. The van der Waals surface area contributed by atoms with Crippen LogP contribution >= 0.6 is 0 Å². The number of allylic oxidation sites excluding steroid dienone is 2. The van der Waals surface area contributed by atoms with Crippen molar-refractivity contribution in [2.75, 3.05) is 0 Å². The molecule has 0 spiro atoms. The van der Waals surface area contributed by atoms with Crippen molar-refractivity contribution < 1.29 is 0 Å². The minimum absolute atomic E-state index is 0.162. The summed E-state index contributed by atoms with van der Waals surface area (Å²) in [6.45, 7) is 15.8. The number of rotatable bonds is 5. The number of aryl methyl sites for hydroxylation is 2. The van der Waals surface area contributed by atoms with E-state index in [0.717, 1.165) is 22.5 Å². The highest BCUT2D eigenvalue weighted by Gasteiger charge is 2.22. The van der Waals surface area contributed by atoms with Crippen molar-refractivity contribution in [2.24, 2.45) is 7.05 Å². The van der Waals surface area contributed by atoms with E-state index < -0.39 is 11.2 Å². The Morgan fingerprint density at radius 1 is 1.19 bits per heavy atom. The van der Waals surface area contributed by atoms with Gasteiger partial charge in [0.2, 0.25) is 5.95 Å². The third-order valence-electron chi connectivity index (χ3n) is 4.79. The molecule has 0 unspecified atom stereocenters. The molecule has 3 rings (SSSR count). The predicted molar refractivity (Wildman–Crippen MR) is 106 cm³/mol. The Kier molecular flexibility index (Phi) is 4.51. The summed E-state index contributed by atoms with van der Waals surface area (Å²) in [4.78, 5) is 30.4. The molecule has 8 heteroatoms. The lowest BCUT2D eigenvalue weighted by atomic mass is 10.2. The summed E-state index contributed by atoms with van der Waals surface area (Å²) in [5.41, 5.74) is 3.45. The molecule has 0 aromatic carbocycles. The maximum Gasteiger partial charge on any atom is 0.332 e. The maximum atomic E-state index is 13.1. The van der Waals surface area contributed by atoms with E-state index in [0.29, 0.717) is 23.7 Å². The smallest absolute Gasteiger partial charge is 0.299 e. The van der Waals surface area contributed by atoms with E-state index in [1.807, 2.05) is 20.8 Å². The first-order valence-corrected chi connectivity index (χ1v) is 8.67. The second-order valence-corrected chi connectivity index (χ2v) is 6.88. The first-order chi connectivity index (χ1) is 12.7. The summed E-state index contributed by atoms with van der Waals surface area (Å²) < 4.78 is 6.03. The lowest BCUT2D eigenvalue weighted by Gasteiger charge is -2.10. The first-order valence-electron chi connectivity index (χ1n) is 8.67. The molecule has 3 aromatic rings. The molecule has 3 aromatic heterocycles. The van der Waals surface area contributed by atoms with E-state index in [4.69, 9.17) is 0 Å². The third kappa shape index (κ3) is 2.77. The molecule has 0 bridgehead atoms. The molecular formula is C19H24N6O2. The summed E-state index contributed by atoms with van der Waals surface area (Å²) in [5.74, 6) is 0.485. The monoisotopic (exact) mass is 368 g/mol. The molecule has 0 N–H and O–H groups in total. The van der Waals surface area contributed by atoms with Crippen LogP contribution in [0.2, 0.25) is 0 Å². The molecule has 27 heavy (non-hydrogen) atoms. The minimum Gasteiger partial charge on any atom is -0.299 e. The normalized spacial score (nSPS) is 11.3. The molecule has 0 aliphatic carbocycles. The molecule has 0 atom stereocenters. The van der Waals surface area contributed by atoms with Crippen LogP contribution in [0.4, 0.5) is 0 Å². The van der Waals surface area contributed by atoms with E-state index >= 15 is 0 Å². The summed E-state index contributed by atoms with van der Waals surface area (Å²) in [7, 11) is 1.61. The summed E-state index contributed by atoms with van der Waals surface area (Å²) >= 11 is 0. The molecule has 3 heterocycles. The van der Waals surface area contributed by atoms with Gasteiger partial charge in [-0.3, -0.25) is 18.5 Å². The van der Waals surface area contributed by atoms with Crippen molar-refractivity contribution in [3.05, 3.63) is 62.6 Å². The average molecular weight is 368 g/mol. The molecule has 0 saturated heterocycles. The van der Waals surface area contributed by atoms with Crippen molar-refractivity contribution in [3.63, 3.8) is 0 Å². The van der Waals surface area contributed by atoms with Gasteiger partial charge in [-0.05, 0) is 33.3 Å². The largest absolute Gasteiger partial charge is 0.332 e. The van der Waals surface area contributed by atoms with E-state index in [1.54, 1.807) is 29.3 Å². The molecular weight excluding hydrogens is 344 g/mol. The summed E-state index contributed by atoms with van der Waals surface area (Å²) in [5, 5.41) is 4.56. The fourth-order valence-corrected chi connectivity index (χ4v) is 3.15. The van der Waals surface area contributed by atoms with Gasteiger partial charge in [0.1, 0.15) is 0 Å². The van der Waals surface area contributed by atoms with Crippen molar-refractivity contribution in [3.8, 4) is 5.95 Å². The van der Waals surface area contributed by atoms with Gasteiger partial charge in [-0.1, -0.05) is 18.2 Å². The Hall–Kier alpha value is -3.16. The number of nitrogens with zero attached hydrogens (tertiary/aromatic N) is 6. The van der Waals surface area contributed by atoms with Crippen molar-refractivity contribution in [2.45, 2.75) is 40.8 Å². The Morgan fingerprint density at radius 3 is 2.37 bits per heavy atom. The highest BCUT2D eigenvalue weighted by molar-refractivity contribution is 5.73. The second-order valence-electron chi connectivity index (χ2n) is 6.88. The molecule has 142 valence electrons. The van der Waals surface area contributed by atoms with Gasteiger partial charge >= 0.3 is 5.69 Å². The Labute approximate surface area is 156 Å². The van der Waals surface area contributed by atoms with Gasteiger partial charge in [-0.2, -0.15) is 10.1 Å². The van der Waals surface area contributed by atoms with Gasteiger partial charge in [0.05, 0.1) is 12.2 Å². The lowest BCUT2D eigenvalue weighted by Crippen LogP contribution is -2.39. The van der Waals surface area contributed by atoms with E-state index in [1.165, 1.54) is 9.13 Å². The van der Waals surface area contributed by atoms with E-state index in [9.17, 15) is 9.59 Å². The van der Waals surface area contributed by atoms with Gasteiger partial charge in [-0.25, -0.2) is 9.48 Å². The van der Waals surface area contributed by atoms with Gasteiger partial charge < -0.3 is 0 Å². The van der Waals surface area contributed by atoms with Gasteiger partial charge in [0.15, 0.2) is 11.2 Å². The number of fused-ring (bicyclic) bond motifs is 1. The van der Waals surface area contributed by atoms with Crippen molar-refractivity contribution in [1.82, 2.24) is 28.5 Å². The Morgan fingerprint density at radius 2 is 1.85 bits per heavy atom. The molecule has 0 amide bonds. The zero-order valence-corrected chi connectivity index (χ0v) is 16.4. The van der Waals surface area contributed by atoms with Gasteiger partial charge in [0.25, 0.3) is 5.56 Å². The van der Waals surface area contributed by atoms with Crippen LogP contribution in [-0.4, -0.2) is 28.5 Å². The van der Waals surface area contributed by atoms with Crippen LogP contribution in [-0.2, 0) is 20.1 Å². The Balaban J connectivity index is 2.47. The molecule has 0 aliphatic heterocycles. The maximum absolute atomic E-state index is 13.1. The van der Waals surface area contributed by atoms with Gasteiger partial charge in [-0.15, -0.1) is 6.58 Å². The van der Waals surface area contributed by atoms with Crippen LogP contribution < -0.4 is 11.2 Å². The lowest BCUT2D eigenvalue weighted by molar-refractivity contribution is 0.647. The number of aromatic nitrogens is 6. The standard InChI is InChI=1S/C19H24N6O2/c1-8-9-23-15-16(20-18(23)25-14(6)12(4)13(5)21-25)22(7)19(27)24(17(15)26)10-11(2)3/h8H,1-2,9-10H2,3-7H3. The quantitative estimate of drug-likeness (QED) is 0.643. The van der Waals surface area contributed by atoms with E-state index in [2.05, 4.69) is 23.2 Å². The summed E-state index contributed by atoms with van der Waals surface area (Å²) in [6.07, 6.45) is 1.69. The second kappa shape index (κ2) is 6.53. The number of hydrogen-bond donors (Lipinski definition) is 0. The zero-order valence-electron chi connectivity index (χ0n) is 16.4. The van der Waals surface area contributed by atoms with Gasteiger partial charge in [0, 0.05) is 19.3 Å². The third-order valence-corrected chi connectivity index (χ3v) is 4.79. The minimum atomic E-state index is -0.421. The van der Waals surface area contributed by atoms with Crippen LogP contribution in [0.5, 0.6) is 0 Å². The predicted octanol–water partition coefficient (Wildman–Crippen LogP) is 1.77. The topological polar surface area (TPSA) is 79.6 Å². The van der Waals surface area contributed by atoms with E-state index in [-0.39, 0.29) is 6.54 Å².